The number of thioether (sulfide) groups is 1. The monoisotopic (exact) mass is 448 g/mol. The average Bonchev–Trinajstić information content (AvgIpc) is 3.08. The number of nitrogens with zero attached hydrogens (tertiary/aromatic N) is 2. The van der Waals surface area contributed by atoms with E-state index in [1.54, 1.807) is 6.07 Å². The van der Waals surface area contributed by atoms with Crippen LogP contribution in [0.3, 0.4) is 0 Å². The molecule has 2 aromatic carbocycles. The molecule has 1 spiro atoms. The van der Waals surface area contributed by atoms with E-state index in [9.17, 15) is 22.8 Å². The van der Waals surface area contributed by atoms with Crippen molar-refractivity contribution < 1.29 is 22.8 Å². The third kappa shape index (κ3) is 4.59. The van der Waals surface area contributed by atoms with Crippen LogP contribution in [0.25, 0.3) is 0 Å². The van der Waals surface area contributed by atoms with Gasteiger partial charge in [-0.3, -0.25) is 14.5 Å². The predicted molar refractivity (Wildman–Crippen MR) is 115 cm³/mol. The topological polar surface area (TPSA) is 40.6 Å². The van der Waals surface area contributed by atoms with Gasteiger partial charge in [0, 0.05) is 25.2 Å². The number of rotatable bonds is 4. The van der Waals surface area contributed by atoms with Gasteiger partial charge in [-0.25, -0.2) is 0 Å². The third-order valence-corrected chi connectivity index (χ3v) is 7.44. The highest BCUT2D eigenvalue weighted by atomic mass is 32.2. The minimum atomic E-state index is -4.46. The first-order chi connectivity index (χ1) is 14.8. The molecular formula is C23H23F3N2O2S. The van der Waals surface area contributed by atoms with E-state index >= 15 is 0 Å². The van der Waals surface area contributed by atoms with Gasteiger partial charge in [-0.05, 0) is 43.0 Å². The molecule has 2 amide bonds. The van der Waals surface area contributed by atoms with E-state index < -0.39 is 16.6 Å². The van der Waals surface area contributed by atoms with Gasteiger partial charge in [0.15, 0.2) is 0 Å². The number of benzene rings is 2. The number of anilines is 1. The number of amides is 2. The summed E-state index contributed by atoms with van der Waals surface area (Å²) < 4.78 is 39.5. The molecule has 0 saturated carbocycles. The molecule has 2 heterocycles. The first-order valence-corrected chi connectivity index (χ1v) is 11.2. The first kappa shape index (κ1) is 21.7. The van der Waals surface area contributed by atoms with Crippen molar-refractivity contribution >= 4 is 29.3 Å². The fourth-order valence-electron chi connectivity index (χ4n) is 4.28. The van der Waals surface area contributed by atoms with Gasteiger partial charge < -0.3 is 4.90 Å². The van der Waals surface area contributed by atoms with Crippen LogP contribution in [0.1, 0.15) is 30.4 Å². The third-order valence-electron chi connectivity index (χ3n) is 5.92. The molecule has 2 aliphatic heterocycles. The van der Waals surface area contributed by atoms with Crippen molar-refractivity contribution in [3.05, 3.63) is 65.7 Å². The first-order valence-electron chi connectivity index (χ1n) is 10.2. The quantitative estimate of drug-likeness (QED) is 0.679. The normalized spacial score (nSPS) is 18.6. The van der Waals surface area contributed by atoms with E-state index in [0.717, 1.165) is 17.7 Å². The fourth-order valence-corrected chi connectivity index (χ4v) is 5.61. The summed E-state index contributed by atoms with van der Waals surface area (Å²) in [6.07, 6.45) is -2.30. The lowest BCUT2D eigenvalue weighted by atomic mass is 10.00. The lowest BCUT2D eigenvalue weighted by Crippen LogP contribution is -2.53. The molecule has 31 heavy (non-hydrogen) atoms. The second kappa shape index (κ2) is 8.57. The fraction of sp³-hybridized carbons (Fsp3) is 0.391. The summed E-state index contributed by atoms with van der Waals surface area (Å²) in [5.41, 5.74) is 0.615. The van der Waals surface area contributed by atoms with E-state index in [2.05, 4.69) is 0 Å². The zero-order valence-electron chi connectivity index (χ0n) is 16.9. The summed E-state index contributed by atoms with van der Waals surface area (Å²) >= 11 is 1.47. The van der Waals surface area contributed by atoms with Crippen molar-refractivity contribution in [3.8, 4) is 0 Å². The van der Waals surface area contributed by atoms with Crippen molar-refractivity contribution in [1.29, 1.82) is 0 Å². The molecule has 2 saturated heterocycles. The molecule has 4 rings (SSSR count). The Morgan fingerprint density at radius 3 is 2.42 bits per heavy atom. The minimum absolute atomic E-state index is 0.0682. The second-order valence-electron chi connectivity index (χ2n) is 7.88. The number of piperidine rings is 1. The van der Waals surface area contributed by atoms with Gasteiger partial charge >= 0.3 is 6.18 Å². The van der Waals surface area contributed by atoms with Crippen molar-refractivity contribution in [2.75, 3.05) is 23.7 Å². The number of aryl methyl sites for hydroxylation is 1. The maximum atomic E-state index is 13.2. The van der Waals surface area contributed by atoms with E-state index in [1.165, 1.54) is 22.7 Å². The molecule has 2 aromatic rings. The van der Waals surface area contributed by atoms with Gasteiger partial charge in [0.05, 0.1) is 16.2 Å². The summed E-state index contributed by atoms with van der Waals surface area (Å²) in [5.74, 6) is 0.116. The van der Waals surface area contributed by atoms with Crippen LogP contribution in [0, 0.1) is 0 Å². The Morgan fingerprint density at radius 2 is 1.74 bits per heavy atom. The van der Waals surface area contributed by atoms with Gasteiger partial charge in [-0.1, -0.05) is 36.4 Å². The molecule has 164 valence electrons. The molecule has 4 nitrogen and oxygen atoms in total. The summed E-state index contributed by atoms with van der Waals surface area (Å²) in [6, 6.07) is 14.8. The lowest BCUT2D eigenvalue weighted by molar-refractivity contribution is -0.137. The van der Waals surface area contributed by atoms with Gasteiger partial charge in [0.25, 0.3) is 0 Å². The largest absolute Gasteiger partial charge is 0.416 e. The van der Waals surface area contributed by atoms with E-state index in [0.29, 0.717) is 38.8 Å². The Hall–Kier alpha value is -2.48. The van der Waals surface area contributed by atoms with Crippen molar-refractivity contribution in [2.24, 2.45) is 0 Å². The Balaban J connectivity index is 1.44. The Kier molecular flexibility index (Phi) is 6.01. The highest BCUT2D eigenvalue weighted by Crippen LogP contribution is 2.47. The zero-order valence-corrected chi connectivity index (χ0v) is 17.7. The second-order valence-corrected chi connectivity index (χ2v) is 9.22. The van der Waals surface area contributed by atoms with Crippen LogP contribution in [-0.2, 0) is 22.2 Å². The molecule has 0 aromatic heterocycles. The lowest BCUT2D eigenvalue weighted by Gasteiger charge is -2.44. The molecule has 0 bridgehead atoms. The van der Waals surface area contributed by atoms with Crippen LogP contribution in [0.15, 0.2) is 54.6 Å². The molecule has 2 fully saturated rings. The number of halogens is 3. The Morgan fingerprint density at radius 1 is 1.03 bits per heavy atom. The number of hydrogen-bond acceptors (Lipinski definition) is 3. The van der Waals surface area contributed by atoms with E-state index in [4.69, 9.17) is 0 Å². The van der Waals surface area contributed by atoms with Crippen molar-refractivity contribution in [2.45, 2.75) is 36.7 Å². The molecule has 0 N–H and O–H groups in total. The molecule has 0 radical (unpaired) electrons. The summed E-state index contributed by atoms with van der Waals surface area (Å²) in [6.45, 7) is 0.979. The molecule has 0 unspecified atom stereocenters. The van der Waals surface area contributed by atoms with Crippen LogP contribution >= 0.6 is 11.8 Å². The number of carbonyl (C=O) groups is 2. The van der Waals surface area contributed by atoms with Crippen LogP contribution in [0.4, 0.5) is 18.9 Å². The molecular weight excluding hydrogens is 425 g/mol. The average molecular weight is 449 g/mol. The summed E-state index contributed by atoms with van der Waals surface area (Å²) in [7, 11) is 0. The predicted octanol–water partition coefficient (Wildman–Crippen LogP) is 4.74. The van der Waals surface area contributed by atoms with E-state index in [1.807, 2.05) is 35.2 Å². The van der Waals surface area contributed by atoms with Gasteiger partial charge in [0.2, 0.25) is 11.8 Å². The minimum Gasteiger partial charge on any atom is -0.342 e. The Labute approximate surface area is 183 Å². The van der Waals surface area contributed by atoms with Crippen LogP contribution in [0.5, 0.6) is 0 Å². The summed E-state index contributed by atoms with van der Waals surface area (Å²) in [4.78, 5) is 28.0. The highest BCUT2D eigenvalue weighted by Gasteiger charge is 2.49. The maximum absolute atomic E-state index is 13.2. The Bertz CT molecular complexity index is 957. The molecule has 2 aliphatic rings. The van der Waals surface area contributed by atoms with Crippen molar-refractivity contribution in [3.63, 3.8) is 0 Å². The number of alkyl halides is 3. The summed E-state index contributed by atoms with van der Waals surface area (Å²) in [5, 5.41) is 0. The molecule has 0 atom stereocenters. The van der Waals surface area contributed by atoms with E-state index in [-0.39, 0.29) is 23.3 Å². The number of carbonyl (C=O) groups excluding carboxylic acids is 2. The zero-order chi connectivity index (χ0) is 22.1. The maximum Gasteiger partial charge on any atom is 0.416 e. The van der Waals surface area contributed by atoms with Crippen LogP contribution in [0.2, 0.25) is 0 Å². The standard InChI is InChI=1S/C23H23F3N2O2S/c24-23(25,26)18-7-4-8-19(15-18)28-21(30)16-31-22(28)11-13-27(14-12-22)20(29)10-9-17-5-2-1-3-6-17/h1-8,15H,9-14,16H2. The SMILES string of the molecule is O=C(CCc1ccccc1)N1CCC2(CC1)SCC(=O)N2c1cccc(C(F)(F)F)c1. The molecule has 8 heteroatoms. The smallest absolute Gasteiger partial charge is 0.342 e. The molecule has 0 aliphatic carbocycles. The van der Waals surface area contributed by atoms with Crippen molar-refractivity contribution in [1.82, 2.24) is 4.90 Å². The number of hydrogen-bond donors (Lipinski definition) is 0. The van der Waals surface area contributed by atoms with Crippen LogP contribution < -0.4 is 4.90 Å². The van der Waals surface area contributed by atoms with Gasteiger partial charge in [0.1, 0.15) is 0 Å². The highest BCUT2D eigenvalue weighted by molar-refractivity contribution is 8.02. The number of likely N-dealkylation sites (tertiary alicyclic amines) is 1. The van der Waals surface area contributed by atoms with Crippen LogP contribution in [-0.4, -0.2) is 40.4 Å². The van der Waals surface area contributed by atoms with Gasteiger partial charge in [-0.2, -0.15) is 13.2 Å². The van der Waals surface area contributed by atoms with Gasteiger partial charge in [-0.15, -0.1) is 11.8 Å².